The maximum absolute atomic E-state index is 13.3. The molecule has 1 heterocycles. The number of anilines is 1. The van der Waals surface area contributed by atoms with Gasteiger partial charge in [-0.15, -0.1) is 0 Å². The normalized spacial score (nSPS) is 21.5. The molecule has 0 aromatic heterocycles. The Morgan fingerprint density at radius 2 is 1.96 bits per heavy atom. The maximum Gasteiger partial charge on any atom is 0.407 e. The number of halogens is 1. The Labute approximate surface area is 141 Å². The van der Waals surface area contributed by atoms with Crippen molar-refractivity contribution in [1.29, 1.82) is 0 Å². The van der Waals surface area contributed by atoms with Crippen LogP contribution in [0.25, 0.3) is 0 Å². The minimum atomic E-state index is -0.995. The number of nitrogens with zero attached hydrogens (tertiary/aromatic N) is 1. The molecule has 1 aliphatic rings. The number of amides is 2. The van der Waals surface area contributed by atoms with Gasteiger partial charge in [-0.3, -0.25) is 4.79 Å². The van der Waals surface area contributed by atoms with E-state index in [2.05, 4.69) is 5.32 Å². The number of hydrogen-bond acceptors (Lipinski definition) is 2. The monoisotopic (exact) mass is 336 g/mol. The predicted molar refractivity (Wildman–Crippen MR) is 90.5 cm³/mol. The highest BCUT2D eigenvalue weighted by Gasteiger charge is 2.40. The van der Waals surface area contributed by atoms with Gasteiger partial charge in [0.25, 0.3) is 0 Å². The molecule has 0 aliphatic carbocycles. The molecule has 0 bridgehead atoms. The summed E-state index contributed by atoms with van der Waals surface area (Å²) in [6.45, 7) is 7.84. The molecule has 24 heavy (non-hydrogen) atoms. The molecule has 0 radical (unpaired) electrons. The van der Waals surface area contributed by atoms with Crippen molar-refractivity contribution in [2.45, 2.75) is 46.6 Å². The molecule has 2 N–H and O–H groups in total. The van der Waals surface area contributed by atoms with Crippen LogP contribution in [0, 0.1) is 24.1 Å². The van der Waals surface area contributed by atoms with E-state index < -0.39 is 12.0 Å². The number of benzene rings is 1. The van der Waals surface area contributed by atoms with Crippen LogP contribution in [0.2, 0.25) is 0 Å². The fourth-order valence-corrected chi connectivity index (χ4v) is 3.26. The number of carbonyl (C=O) groups excluding carboxylic acids is 1. The van der Waals surface area contributed by atoms with Gasteiger partial charge >= 0.3 is 6.09 Å². The number of carbonyl (C=O) groups is 2. The van der Waals surface area contributed by atoms with Gasteiger partial charge in [-0.25, -0.2) is 9.18 Å². The Hall–Kier alpha value is -2.11. The molecular formula is C18H25FN2O3. The number of carboxylic acid groups (broad SMARTS) is 1. The van der Waals surface area contributed by atoms with Crippen LogP contribution in [0.5, 0.6) is 0 Å². The van der Waals surface area contributed by atoms with Crippen LogP contribution in [0.15, 0.2) is 18.2 Å². The van der Waals surface area contributed by atoms with Gasteiger partial charge < -0.3 is 15.3 Å². The molecular weight excluding hydrogens is 311 g/mol. The smallest absolute Gasteiger partial charge is 0.407 e. The van der Waals surface area contributed by atoms with Crippen molar-refractivity contribution in [3.63, 3.8) is 0 Å². The molecule has 1 aromatic carbocycles. The highest BCUT2D eigenvalue weighted by molar-refractivity contribution is 5.93. The van der Waals surface area contributed by atoms with E-state index in [9.17, 15) is 19.1 Å². The lowest BCUT2D eigenvalue weighted by Crippen LogP contribution is -2.53. The fraction of sp³-hybridized carbons (Fsp3) is 0.556. The van der Waals surface area contributed by atoms with Gasteiger partial charge in [-0.05, 0) is 48.9 Å². The van der Waals surface area contributed by atoms with Crippen LogP contribution in [-0.4, -0.2) is 34.6 Å². The predicted octanol–water partition coefficient (Wildman–Crippen LogP) is 3.88. The molecule has 2 unspecified atom stereocenters. The summed E-state index contributed by atoms with van der Waals surface area (Å²) in [5.41, 5.74) is 0.809. The Kier molecular flexibility index (Phi) is 5.16. The van der Waals surface area contributed by atoms with Crippen LogP contribution in [0.3, 0.4) is 0 Å². The Morgan fingerprint density at radius 3 is 2.50 bits per heavy atom. The second kappa shape index (κ2) is 6.79. The van der Waals surface area contributed by atoms with Crippen molar-refractivity contribution in [1.82, 2.24) is 4.90 Å². The van der Waals surface area contributed by atoms with Crippen molar-refractivity contribution in [2.24, 2.45) is 11.3 Å². The van der Waals surface area contributed by atoms with Crippen molar-refractivity contribution in [2.75, 3.05) is 11.9 Å². The molecule has 1 fully saturated rings. The molecule has 1 aliphatic heterocycles. The summed E-state index contributed by atoms with van der Waals surface area (Å²) in [6.07, 6.45) is 0.290. The first kappa shape index (κ1) is 18.2. The minimum Gasteiger partial charge on any atom is -0.465 e. The number of nitrogens with one attached hydrogen (secondary N) is 1. The zero-order chi connectivity index (χ0) is 18.1. The summed E-state index contributed by atoms with van der Waals surface area (Å²) >= 11 is 0. The van der Waals surface area contributed by atoms with E-state index in [1.54, 1.807) is 13.0 Å². The second-order valence-corrected chi connectivity index (χ2v) is 7.54. The molecule has 5 nitrogen and oxygen atoms in total. The standard InChI is InChI=1S/C18H25FN2O3/c1-11-9-13(6-7-14(11)19)20-16(22)12-5-8-15(18(2,3)4)21(10-12)17(23)24/h6-7,9,12,15H,5,8,10H2,1-4H3,(H,20,22)(H,23,24). The van der Waals surface area contributed by atoms with Gasteiger partial charge in [-0.1, -0.05) is 20.8 Å². The number of rotatable bonds is 2. The highest BCUT2D eigenvalue weighted by atomic mass is 19.1. The van der Waals surface area contributed by atoms with Crippen LogP contribution >= 0.6 is 0 Å². The van der Waals surface area contributed by atoms with Gasteiger partial charge in [0.15, 0.2) is 0 Å². The van der Waals surface area contributed by atoms with Crippen LogP contribution in [0.1, 0.15) is 39.2 Å². The van der Waals surface area contributed by atoms with E-state index in [1.165, 1.54) is 17.0 Å². The van der Waals surface area contributed by atoms with E-state index in [0.29, 0.717) is 24.1 Å². The zero-order valence-electron chi connectivity index (χ0n) is 14.6. The van der Waals surface area contributed by atoms with Crippen molar-refractivity contribution >= 4 is 17.7 Å². The summed E-state index contributed by atoms with van der Waals surface area (Å²) in [6, 6.07) is 4.29. The number of piperidine rings is 1. The second-order valence-electron chi connectivity index (χ2n) is 7.54. The number of likely N-dealkylation sites (tertiary alicyclic amines) is 1. The number of aryl methyl sites for hydroxylation is 1. The van der Waals surface area contributed by atoms with Gasteiger partial charge in [0.1, 0.15) is 5.82 Å². The molecule has 0 spiro atoms. The highest BCUT2D eigenvalue weighted by Crippen LogP contribution is 2.34. The minimum absolute atomic E-state index is 0.105. The average Bonchev–Trinajstić information content (AvgIpc) is 2.49. The van der Waals surface area contributed by atoms with E-state index in [4.69, 9.17) is 0 Å². The molecule has 2 atom stereocenters. The number of hydrogen-bond donors (Lipinski definition) is 2. The topological polar surface area (TPSA) is 69.6 Å². The van der Waals surface area contributed by atoms with E-state index in [0.717, 1.165) is 0 Å². The maximum atomic E-state index is 13.3. The summed E-state index contributed by atoms with van der Waals surface area (Å²) in [5.74, 6) is -0.944. The Morgan fingerprint density at radius 1 is 1.29 bits per heavy atom. The first-order valence-corrected chi connectivity index (χ1v) is 8.16. The molecule has 2 rings (SSSR count). The molecule has 2 amide bonds. The molecule has 1 saturated heterocycles. The fourth-order valence-electron chi connectivity index (χ4n) is 3.26. The average molecular weight is 336 g/mol. The SMILES string of the molecule is Cc1cc(NC(=O)C2CCC(C(C)(C)C)N(C(=O)O)C2)ccc1F. The summed E-state index contributed by atoms with van der Waals surface area (Å²) in [7, 11) is 0. The Bertz CT molecular complexity index is 640. The first-order chi connectivity index (χ1) is 11.1. The third-order valence-corrected chi connectivity index (χ3v) is 4.62. The molecule has 1 aromatic rings. The van der Waals surface area contributed by atoms with Gasteiger partial charge in [0.2, 0.25) is 5.91 Å². The first-order valence-electron chi connectivity index (χ1n) is 8.16. The van der Waals surface area contributed by atoms with Crippen LogP contribution in [0.4, 0.5) is 14.9 Å². The zero-order valence-corrected chi connectivity index (χ0v) is 14.6. The molecule has 6 heteroatoms. The lowest BCUT2D eigenvalue weighted by molar-refractivity contribution is -0.122. The van der Waals surface area contributed by atoms with E-state index >= 15 is 0 Å². The van der Waals surface area contributed by atoms with E-state index in [1.807, 2.05) is 20.8 Å². The van der Waals surface area contributed by atoms with Gasteiger partial charge in [0, 0.05) is 18.3 Å². The van der Waals surface area contributed by atoms with Crippen molar-refractivity contribution in [3.05, 3.63) is 29.6 Å². The van der Waals surface area contributed by atoms with Crippen molar-refractivity contribution in [3.8, 4) is 0 Å². The summed E-state index contributed by atoms with van der Waals surface area (Å²) < 4.78 is 13.3. The van der Waals surface area contributed by atoms with E-state index in [-0.39, 0.29) is 29.7 Å². The third-order valence-electron chi connectivity index (χ3n) is 4.62. The summed E-state index contributed by atoms with van der Waals surface area (Å²) in [4.78, 5) is 25.4. The van der Waals surface area contributed by atoms with Gasteiger partial charge in [-0.2, -0.15) is 0 Å². The van der Waals surface area contributed by atoms with Crippen LogP contribution < -0.4 is 5.32 Å². The third kappa shape index (κ3) is 4.04. The lowest BCUT2D eigenvalue weighted by atomic mass is 9.78. The Balaban J connectivity index is 2.08. The van der Waals surface area contributed by atoms with Gasteiger partial charge in [0.05, 0.1) is 5.92 Å². The van der Waals surface area contributed by atoms with Crippen molar-refractivity contribution < 1.29 is 19.1 Å². The molecule has 0 saturated carbocycles. The molecule has 132 valence electrons. The quantitative estimate of drug-likeness (QED) is 0.861. The summed E-state index contributed by atoms with van der Waals surface area (Å²) in [5, 5.41) is 12.2. The lowest BCUT2D eigenvalue weighted by Gasteiger charge is -2.44. The largest absolute Gasteiger partial charge is 0.465 e. The van der Waals surface area contributed by atoms with Crippen LogP contribution in [-0.2, 0) is 4.79 Å².